The highest BCUT2D eigenvalue weighted by Gasteiger charge is 2.34. The molecule has 2 heterocycles. The van der Waals surface area contributed by atoms with Crippen molar-refractivity contribution in [2.75, 3.05) is 27.3 Å². The fourth-order valence-electron chi connectivity index (χ4n) is 3.30. The minimum atomic E-state index is -0.242. The molecule has 1 aromatic carbocycles. The Labute approximate surface area is 165 Å². The zero-order valence-corrected chi connectivity index (χ0v) is 16.8. The molecule has 1 aromatic heterocycles. The molecule has 0 saturated carbocycles. The van der Waals surface area contributed by atoms with Crippen molar-refractivity contribution in [3.63, 3.8) is 0 Å². The van der Waals surface area contributed by atoms with Gasteiger partial charge in [0, 0.05) is 33.8 Å². The van der Waals surface area contributed by atoms with Gasteiger partial charge in [0.25, 0.3) is 5.91 Å². The van der Waals surface area contributed by atoms with Gasteiger partial charge in [-0.05, 0) is 24.6 Å². The molecule has 7 nitrogen and oxygen atoms in total. The first-order valence-corrected chi connectivity index (χ1v) is 9.21. The number of hydrogen-bond donors (Lipinski definition) is 0. The Hall–Kier alpha value is -2.93. The van der Waals surface area contributed by atoms with Crippen molar-refractivity contribution in [1.29, 1.82) is 0 Å². The quantitative estimate of drug-likeness (QED) is 0.769. The maximum Gasteiger partial charge on any atom is 0.262 e. The van der Waals surface area contributed by atoms with Crippen LogP contribution >= 0.6 is 0 Å². The Morgan fingerprint density at radius 2 is 1.96 bits per heavy atom. The maximum absolute atomic E-state index is 13.0. The Morgan fingerprint density at radius 3 is 2.57 bits per heavy atom. The van der Waals surface area contributed by atoms with E-state index in [-0.39, 0.29) is 31.0 Å². The molecule has 28 heavy (non-hydrogen) atoms. The highest BCUT2D eigenvalue weighted by atomic mass is 16.5. The van der Waals surface area contributed by atoms with Crippen LogP contribution in [-0.4, -0.2) is 59.3 Å². The summed E-state index contributed by atoms with van der Waals surface area (Å²) >= 11 is 0. The lowest BCUT2D eigenvalue weighted by Crippen LogP contribution is -2.40. The molecule has 7 heteroatoms. The number of aryl methyl sites for hydroxylation is 2. The number of nitrogens with zero attached hydrogens (tertiary/aromatic N) is 4. The topological polar surface area (TPSA) is 67.1 Å². The number of carbonyl (C=O) groups is 2. The van der Waals surface area contributed by atoms with Crippen LogP contribution in [0.3, 0.4) is 0 Å². The Bertz CT molecular complexity index is 885. The summed E-state index contributed by atoms with van der Waals surface area (Å²) in [4.78, 5) is 26.3. The molecule has 0 bridgehead atoms. The zero-order chi connectivity index (χ0) is 20.3. The highest BCUT2D eigenvalue weighted by molar-refractivity contribution is 6.02. The SMILES string of the molecule is COCC(=O)N(C)CC(=O)N1N=C(c2cccn2C)CC1c1ccc(C)cc1. The van der Waals surface area contributed by atoms with Crippen LogP contribution in [0.2, 0.25) is 0 Å². The van der Waals surface area contributed by atoms with E-state index in [0.717, 1.165) is 22.5 Å². The summed E-state index contributed by atoms with van der Waals surface area (Å²) in [5, 5.41) is 6.16. The van der Waals surface area contributed by atoms with Gasteiger partial charge in [-0.3, -0.25) is 9.59 Å². The second kappa shape index (κ2) is 8.39. The number of benzene rings is 1. The third kappa shape index (κ3) is 4.14. The van der Waals surface area contributed by atoms with Crippen molar-refractivity contribution in [3.05, 3.63) is 59.4 Å². The summed E-state index contributed by atoms with van der Waals surface area (Å²) < 4.78 is 6.86. The van der Waals surface area contributed by atoms with Crippen LogP contribution in [0.1, 0.15) is 29.3 Å². The first-order chi connectivity index (χ1) is 13.4. The van der Waals surface area contributed by atoms with Crippen LogP contribution in [0.15, 0.2) is 47.7 Å². The van der Waals surface area contributed by atoms with Crippen molar-refractivity contribution < 1.29 is 14.3 Å². The summed E-state index contributed by atoms with van der Waals surface area (Å²) in [5.41, 5.74) is 4.03. The second-order valence-electron chi connectivity index (χ2n) is 7.10. The molecule has 0 saturated heterocycles. The lowest BCUT2D eigenvalue weighted by molar-refractivity contribution is -0.142. The minimum Gasteiger partial charge on any atom is -0.375 e. The number of likely N-dealkylation sites (N-methyl/N-ethyl adjacent to an activating group) is 1. The Balaban J connectivity index is 1.87. The van der Waals surface area contributed by atoms with Crippen molar-refractivity contribution >= 4 is 17.5 Å². The van der Waals surface area contributed by atoms with Gasteiger partial charge < -0.3 is 14.2 Å². The zero-order valence-electron chi connectivity index (χ0n) is 16.8. The van der Waals surface area contributed by atoms with Gasteiger partial charge >= 0.3 is 0 Å². The van der Waals surface area contributed by atoms with Gasteiger partial charge in [0.15, 0.2) is 0 Å². The summed E-state index contributed by atoms with van der Waals surface area (Å²) in [6.07, 6.45) is 2.59. The van der Waals surface area contributed by atoms with E-state index in [4.69, 9.17) is 4.74 Å². The Morgan fingerprint density at radius 1 is 1.25 bits per heavy atom. The molecule has 0 radical (unpaired) electrons. The van der Waals surface area contributed by atoms with E-state index in [9.17, 15) is 9.59 Å². The van der Waals surface area contributed by atoms with E-state index in [2.05, 4.69) is 5.10 Å². The van der Waals surface area contributed by atoms with Crippen molar-refractivity contribution in [1.82, 2.24) is 14.5 Å². The monoisotopic (exact) mass is 382 g/mol. The van der Waals surface area contributed by atoms with Gasteiger partial charge in [0.1, 0.15) is 13.2 Å². The first-order valence-electron chi connectivity index (χ1n) is 9.21. The molecule has 0 aliphatic carbocycles. The number of aromatic nitrogens is 1. The van der Waals surface area contributed by atoms with Crippen LogP contribution in [0.25, 0.3) is 0 Å². The summed E-state index contributed by atoms with van der Waals surface area (Å²) in [6, 6.07) is 11.9. The number of hydrogen-bond acceptors (Lipinski definition) is 4. The smallest absolute Gasteiger partial charge is 0.262 e. The first kappa shape index (κ1) is 19.8. The molecule has 1 aliphatic heterocycles. The molecule has 0 spiro atoms. The standard InChI is InChI=1S/C21H26N4O3/c1-15-7-9-16(10-8-15)19-12-17(18-6-5-11-23(18)2)22-25(19)20(26)13-24(3)21(27)14-28-4/h5-11,19H,12-14H2,1-4H3. The van der Waals surface area contributed by atoms with E-state index < -0.39 is 0 Å². The third-order valence-electron chi connectivity index (χ3n) is 4.93. The number of hydrazone groups is 1. The van der Waals surface area contributed by atoms with E-state index in [1.165, 1.54) is 17.0 Å². The van der Waals surface area contributed by atoms with Gasteiger partial charge in [-0.2, -0.15) is 5.10 Å². The number of carbonyl (C=O) groups excluding carboxylic acids is 2. The van der Waals surface area contributed by atoms with Crippen molar-refractivity contribution in [3.8, 4) is 0 Å². The van der Waals surface area contributed by atoms with Crippen molar-refractivity contribution in [2.45, 2.75) is 19.4 Å². The average Bonchev–Trinajstić information content (AvgIpc) is 3.28. The lowest BCUT2D eigenvalue weighted by atomic mass is 9.99. The van der Waals surface area contributed by atoms with Crippen LogP contribution in [-0.2, 0) is 21.4 Å². The maximum atomic E-state index is 13.0. The van der Waals surface area contributed by atoms with E-state index >= 15 is 0 Å². The number of amides is 2. The van der Waals surface area contributed by atoms with E-state index in [1.54, 1.807) is 7.05 Å². The van der Waals surface area contributed by atoms with E-state index in [0.29, 0.717) is 6.42 Å². The molecule has 2 aromatic rings. The van der Waals surface area contributed by atoms with Gasteiger partial charge in [0.2, 0.25) is 5.91 Å². The van der Waals surface area contributed by atoms with Crippen LogP contribution < -0.4 is 0 Å². The van der Waals surface area contributed by atoms with Gasteiger partial charge in [-0.1, -0.05) is 29.8 Å². The van der Waals surface area contributed by atoms with E-state index in [1.807, 2.05) is 61.1 Å². The van der Waals surface area contributed by atoms with Crippen LogP contribution in [0.4, 0.5) is 0 Å². The molecular weight excluding hydrogens is 356 g/mol. The molecule has 1 atom stereocenters. The highest BCUT2D eigenvalue weighted by Crippen LogP contribution is 2.33. The summed E-state index contributed by atoms with van der Waals surface area (Å²) in [5.74, 6) is -0.463. The molecule has 0 N–H and O–H groups in total. The van der Waals surface area contributed by atoms with Crippen LogP contribution in [0, 0.1) is 6.92 Å². The van der Waals surface area contributed by atoms with Crippen molar-refractivity contribution in [2.24, 2.45) is 12.1 Å². The largest absolute Gasteiger partial charge is 0.375 e. The molecular formula is C21H26N4O3. The summed E-state index contributed by atoms with van der Waals surface area (Å²) in [6.45, 7) is 1.93. The molecule has 2 amide bonds. The predicted octanol–water partition coefficient (Wildman–Crippen LogP) is 2.12. The fraction of sp³-hybridized carbons (Fsp3) is 0.381. The normalized spacial score (nSPS) is 16.2. The Kier molecular flexibility index (Phi) is 5.94. The van der Waals surface area contributed by atoms with Gasteiger partial charge in [-0.25, -0.2) is 5.01 Å². The molecule has 1 aliphatic rings. The number of methoxy groups -OCH3 is 1. The molecule has 148 valence electrons. The average molecular weight is 382 g/mol. The number of ether oxygens (including phenoxy) is 1. The van der Waals surface area contributed by atoms with Crippen LogP contribution in [0.5, 0.6) is 0 Å². The third-order valence-corrected chi connectivity index (χ3v) is 4.93. The molecule has 3 rings (SSSR count). The molecule has 1 unspecified atom stereocenters. The summed E-state index contributed by atoms with van der Waals surface area (Å²) in [7, 11) is 5.01. The minimum absolute atomic E-state index is 0.0472. The molecule has 0 fully saturated rings. The van der Waals surface area contributed by atoms with Gasteiger partial charge in [0.05, 0.1) is 17.4 Å². The predicted molar refractivity (Wildman–Crippen MR) is 107 cm³/mol. The second-order valence-corrected chi connectivity index (χ2v) is 7.10. The van der Waals surface area contributed by atoms with Gasteiger partial charge in [-0.15, -0.1) is 0 Å². The lowest BCUT2D eigenvalue weighted by Gasteiger charge is -2.25. The fourth-order valence-corrected chi connectivity index (χ4v) is 3.30. The number of rotatable bonds is 6.